The summed E-state index contributed by atoms with van der Waals surface area (Å²) in [6, 6.07) is 0. The Balaban J connectivity index is 2.07. The monoisotopic (exact) mass is 300 g/mol. The lowest BCUT2D eigenvalue weighted by molar-refractivity contribution is -0.271. The van der Waals surface area contributed by atoms with Gasteiger partial charge in [0.1, 0.15) is 0 Å². The van der Waals surface area contributed by atoms with Crippen LogP contribution in [0.2, 0.25) is 0 Å². The van der Waals surface area contributed by atoms with E-state index < -0.39 is 6.29 Å². The first-order chi connectivity index (χ1) is 9.90. The van der Waals surface area contributed by atoms with Crippen LogP contribution in [0.3, 0.4) is 0 Å². The fourth-order valence-electron chi connectivity index (χ4n) is 3.69. The molecule has 0 aromatic rings. The Kier molecular flexibility index (Phi) is 5.69. The van der Waals surface area contributed by atoms with Crippen LogP contribution in [-0.2, 0) is 14.2 Å². The molecule has 0 bridgehead atoms. The van der Waals surface area contributed by atoms with E-state index in [1.54, 1.807) is 0 Å². The standard InChI is InChI=1S/C17H32O4/c1-7-13-10(4)9(3)11(5)17(20-13)21-15-12(6)16(18)19-14(15)8-2/h9-18H,7-8H2,1-6H3. The maximum absolute atomic E-state index is 9.91. The molecule has 2 aliphatic heterocycles. The summed E-state index contributed by atoms with van der Waals surface area (Å²) in [6.07, 6.45) is 1.05. The quantitative estimate of drug-likeness (QED) is 0.866. The van der Waals surface area contributed by atoms with Gasteiger partial charge in [-0.15, -0.1) is 0 Å². The summed E-state index contributed by atoms with van der Waals surface area (Å²) in [6.45, 7) is 13.0. The lowest BCUT2D eigenvalue weighted by Gasteiger charge is -2.44. The minimum absolute atomic E-state index is 0.0134. The summed E-state index contributed by atoms with van der Waals surface area (Å²) >= 11 is 0. The summed E-state index contributed by atoms with van der Waals surface area (Å²) in [5.41, 5.74) is 0. The summed E-state index contributed by atoms with van der Waals surface area (Å²) in [4.78, 5) is 0. The van der Waals surface area contributed by atoms with Gasteiger partial charge in [-0.2, -0.15) is 0 Å². The summed E-state index contributed by atoms with van der Waals surface area (Å²) < 4.78 is 18.1. The molecule has 0 aromatic carbocycles. The molecule has 2 saturated heterocycles. The van der Waals surface area contributed by atoms with E-state index in [1.807, 2.05) is 6.92 Å². The molecule has 2 heterocycles. The van der Waals surface area contributed by atoms with Gasteiger partial charge < -0.3 is 19.3 Å². The van der Waals surface area contributed by atoms with Crippen LogP contribution >= 0.6 is 0 Å². The highest BCUT2D eigenvalue weighted by Crippen LogP contribution is 2.39. The van der Waals surface area contributed by atoms with Gasteiger partial charge in [-0.1, -0.05) is 41.5 Å². The zero-order valence-electron chi connectivity index (χ0n) is 14.3. The smallest absolute Gasteiger partial charge is 0.161 e. The largest absolute Gasteiger partial charge is 0.368 e. The molecular formula is C17H32O4. The fraction of sp³-hybridized carbons (Fsp3) is 1.00. The fourth-order valence-corrected chi connectivity index (χ4v) is 3.69. The first-order valence-corrected chi connectivity index (χ1v) is 8.55. The Hall–Kier alpha value is -0.160. The molecule has 0 amide bonds. The molecule has 2 fully saturated rings. The van der Waals surface area contributed by atoms with Crippen molar-refractivity contribution in [2.45, 2.75) is 85.3 Å². The first kappa shape index (κ1) is 17.2. The first-order valence-electron chi connectivity index (χ1n) is 8.55. The molecular weight excluding hydrogens is 268 g/mol. The summed E-state index contributed by atoms with van der Waals surface area (Å²) in [7, 11) is 0. The van der Waals surface area contributed by atoms with Crippen molar-refractivity contribution in [2.24, 2.45) is 23.7 Å². The Morgan fingerprint density at radius 1 is 0.810 bits per heavy atom. The van der Waals surface area contributed by atoms with Crippen LogP contribution in [0.4, 0.5) is 0 Å². The highest BCUT2D eigenvalue weighted by Gasteiger charge is 2.46. The van der Waals surface area contributed by atoms with E-state index in [1.165, 1.54) is 0 Å². The van der Waals surface area contributed by atoms with Gasteiger partial charge in [0.05, 0.1) is 18.3 Å². The van der Waals surface area contributed by atoms with Crippen molar-refractivity contribution in [3.05, 3.63) is 0 Å². The lowest BCUT2D eigenvalue weighted by atomic mass is 9.78. The van der Waals surface area contributed by atoms with E-state index >= 15 is 0 Å². The predicted octanol–water partition coefficient (Wildman–Crippen LogP) is 3.18. The molecule has 21 heavy (non-hydrogen) atoms. The molecule has 1 N–H and O–H groups in total. The summed E-state index contributed by atoms with van der Waals surface area (Å²) in [5.74, 6) is 1.46. The minimum atomic E-state index is -0.725. The molecule has 4 heteroatoms. The number of hydrogen-bond donors (Lipinski definition) is 1. The van der Waals surface area contributed by atoms with E-state index in [-0.39, 0.29) is 30.5 Å². The van der Waals surface area contributed by atoms with Crippen molar-refractivity contribution in [3.63, 3.8) is 0 Å². The van der Waals surface area contributed by atoms with Crippen LogP contribution in [-0.4, -0.2) is 36.0 Å². The summed E-state index contributed by atoms with van der Waals surface area (Å²) in [5, 5.41) is 9.91. The van der Waals surface area contributed by atoms with E-state index in [0.717, 1.165) is 12.8 Å². The second kappa shape index (κ2) is 6.95. The van der Waals surface area contributed by atoms with Crippen LogP contribution in [0.5, 0.6) is 0 Å². The van der Waals surface area contributed by atoms with Gasteiger partial charge in [-0.3, -0.25) is 0 Å². The maximum Gasteiger partial charge on any atom is 0.161 e. The van der Waals surface area contributed by atoms with Crippen LogP contribution in [0.25, 0.3) is 0 Å². The highest BCUT2D eigenvalue weighted by atomic mass is 16.7. The molecule has 0 spiro atoms. The van der Waals surface area contributed by atoms with Gasteiger partial charge in [0.2, 0.25) is 0 Å². The number of ether oxygens (including phenoxy) is 3. The van der Waals surface area contributed by atoms with Gasteiger partial charge in [0.15, 0.2) is 12.6 Å². The number of hydrogen-bond acceptors (Lipinski definition) is 4. The molecule has 2 rings (SSSR count). The molecule has 124 valence electrons. The Bertz CT molecular complexity index is 333. The SMILES string of the molecule is CCC1OC(OC2C(CC)OC(O)C2C)C(C)C(C)C1C. The van der Waals surface area contributed by atoms with Crippen molar-refractivity contribution in [1.82, 2.24) is 0 Å². The highest BCUT2D eigenvalue weighted by molar-refractivity contribution is 4.87. The van der Waals surface area contributed by atoms with E-state index in [9.17, 15) is 5.11 Å². The molecule has 0 aromatic heterocycles. The average molecular weight is 300 g/mol. The number of rotatable bonds is 4. The minimum Gasteiger partial charge on any atom is -0.368 e. The number of aliphatic hydroxyl groups excluding tert-OH is 1. The topological polar surface area (TPSA) is 47.9 Å². The predicted molar refractivity (Wildman–Crippen MR) is 81.7 cm³/mol. The van der Waals surface area contributed by atoms with Gasteiger partial charge in [0.25, 0.3) is 0 Å². The molecule has 0 saturated carbocycles. The Morgan fingerprint density at radius 3 is 2.00 bits per heavy atom. The molecule has 0 radical (unpaired) electrons. The molecule has 0 aliphatic carbocycles. The Morgan fingerprint density at radius 2 is 1.43 bits per heavy atom. The third-order valence-electron chi connectivity index (χ3n) is 5.73. The lowest BCUT2D eigenvalue weighted by Crippen LogP contribution is -2.48. The van der Waals surface area contributed by atoms with Crippen molar-refractivity contribution in [3.8, 4) is 0 Å². The van der Waals surface area contributed by atoms with Crippen molar-refractivity contribution >= 4 is 0 Å². The van der Waals surface area contributed by atoms with Gasteiger partial charge >= 0.3 is 0 Å². The zero-order valence-corrected chi connectivity index (χ0v) is 14.3. The molecule has 2 aliphatic rings. The van der Waals surface area contributed by atoms with Crippen molar-refractivity contribution in [1.29, 1.82) is 0 Å². The second-order valence-electron chi connectivity index (χ2n) is 6.96. The maximum atomic E-state index is 9.91. The third kappa shape index (κ3) is 3.29. The van der Waals surface area contributed by atoms with Crippen molar-refractivity contribution in [2.75, 3.05) is 0 Å². The Labute approximate surface area is 129 Å². The van der Waals surface area contributed by atoms with Gasteiger partial charge in [-0.05, 0) is 24.7 Å². The van der Waals surface area contributed by atoms with Gasteiger partial charge in [0, 0.05) is 11.8 Å². The molecule has 4 nitrogen and oxygen atoms in total. The van der Waals surface area contributed by atoms with Crippen LogP contribution in [0.1, 0.15) is 54.4 Å². The van der Waals surface area contributed by atoms with Crippen molar-refractivity contribution < 1.29 is 19.3 Å². The van der Waals surface area contributed by atoms with E-state index in [0.29, 0.717) is 17.8 Å². The molecule has 9 unspecified atom stereocenters. The zero-order chi connectivity index (χ0) is 15.7. The van der Waals surface area contributed by atoms with Gasteiger partial charge in [-0.25, -0.2) is 0 Å². The van der Waals surface area contributed by atoms with Crippen LogP contribution in [0.15, 0.2) is 0 Å². The van der Waals surface area contributed by atoms with Crippen LogP contribution in [0, 0.1) is 23.7 Å². The van der Waals surface area contributed by atoms with E-state index in [4.69, 9.17) is 14.2 Å². The molecule has 9 atom stereocenters. The van der Waals surface area contributed by atoms with E-state index in [2.05, 4.69) is 34.6 Å². The third-order valence-corrected chi connectivity index (χ3v) is 5.73. The second-order valence-corrected chi connectivity index (χ2v) is 6.96. The number of aliphatic hydroxyl groups is 1. The average Bonchev–Trinajstić information content (AvgIpc) is 2.75. The van der Waals surface area contributed by atoms with Crippen LogP contribution < -0.4 is 0 Å². The normalized spacial score (nSPS) is 51.3.